The van der Waals surface area contributed by atoms with Gasteiger partial charge in [-0.15, -0.1) is 0 Å². The molecule has 0 N–H and O–H groups in total. The van der Waals surface area contributed by atoms with Gasteiger partial charge in [0.05, 0.1) is 31.3 Å². The van der Waals surface area contributed by atoms with E-state index in [9.17, 15) is 0 Å². The van der Waals surface area contributed by atoms with Crippen molar-refractivity contribution in [1.29, 1.82) is 0 Å². The van der Waals surface area contributed by atoms with Gasteiger partial charge in [0.15, 0.2) is 11.5 Å². The Labute approximate surface area is 117 Å². The molecule has 0 saturated heterocycles. The van der Waals surface area contributed by atoms with Crippen LogP contribution >= 0.6 is 11.6 Å². The number of rotatable bonds is 5. The lowest BCUT2D eigenvalue weighted by molar-refractivity contribution is 0.288. The molecule has 1 aromatic heterocycles. The Bertz CT molecular complexity index is 561. The summed E-state index contributed by atoms with van der Waals surface area (Å²) < 4.78 is 11.1. The first-order chi connectivity index (χ1) is 9.24. The Morgan fingerprint density at radius 2 is 1.79 bits per heavy atom. The second kappa shape index (κ2) is 6.38. The van der Waals surface area contributed by atoms with Gasteiger partial charge in [-0.25, -0.2) is 4.98 Å². The maximum Gasteiger partial charge on any atom is 0.161 e. The number of halogens is 1. The molecule has 0 aliphatic heterocycles. The molecular formula is C14H15ClN2O2. The minimum atomic E-state index is 0.365. The van der Waals surface area contributed by atoms with Crippen LogP contribution in [-0.2, 0) is 0 Å². The molecule has 2 aromatic rings. The lowest BCUT2D eigenvalue weighted by Gasteiger charge is -2.12. The van der Waals surface area contributed by atoms with Gasteiger partial charge in [0.2, 0.25) is 0 Å². The Hall–Kier alpha value is -1.81. The molecule has 2 rings (SSSR count). The fourth-order valence-electron chi connectivity index (χ4n) is 1.69. The monoisotopic (exact) mass is 278 g/mol. The highest BCUT2D eigenvalue weighted by Gasteiger charge is 2.08. The summed E-state index contributed by atoms with van der Waals surface area (Å²) in [5.41, 5.74) is 1.60. The Balaban J connectivity index is 2.39. The van der Waals surface area contributed by atoms with Crippen molar-refractivity contribution >= 4 is 11.6 Å². The van der Waals surface area contributed by atoms with Crippen LogP contribution in [0.5, 0.6) is 11.5 Å². The van der Waals surface area contributed by atoms with Gasteiger partial charge in [-0.3, -0.25) is 4.98 Å². The molecule has 0 fully saturated rings. The maximum atomic E-state index is 5.85. The normalized spacial score (nSPS) is 10.3. The SMILES string of the molecule is CCOc1ccc(-c2cncc(Cl)n2)cc1OCC. The predicted octanol–water partition coefficient (Wildman–Crippen LogP) is 3.59. The Kier molecular flexibility index (Phi) is 4.58. The van der Waals surface area contributed by atoms with Gasteiger partial charge in [-0.2, -0.15) is 0 Å². The molecular weight excluding hydrogens is 264 g/mol. The first-order valence-corrected chi connectivity index (χ1v) is 6.50. The average molecular weight is 279 g/mol. The molecule has 100 valence electrons. The van der Waals surface area contributed by atoms with Crippen molar-refractivity contribution in [2.45, 2.75) is 13.8 Å². The summed E-state index contributed by atoms with van der Waals surface area (Å²) in [6.45, 7) is 5.04. The fraction of sp³-hybridized carbons (Fsp3) is 0.286. The van der Waals surface area contributed by atoms with Gasteiger partial charge in [0, 0.05) is 5.56 Å². The molecule has 0 aliphatic rings. The van der Waals surface area contributed by atoms with E-state index in [1.165, 1.54) is 6.20 Å². The fourth-order valence-corrected chi connectivity index (χ4v) is 1.84. The number of hydrogen-bond acceptors (Lipinski definition) is 4. The van der Waals surface area contributed by atoms with Gasteiger partial charge >= 0.3 is 0 Å². The Morgan fingerprint density at radius 1 is 1.05 bits per heavy atom. The highest BCUT2D eigenvalue weighted by molar-refractivity contribution is 6.29. The lowest BCUT2D eigenvalue weighted by Crippen LogP contribution is -1.98. The lowest BCUT2D eigenvalue weighted by atomic mass is 10.1. The smallest absolute Gasteiger partial charge is 0.161 e. The predicted molar refractivity (Wildman–Crippen MR) is 74.8 cm³/mol. The molecule has 0 bridgehead atoms. The van der Waals surface area contributed by atoms with E-state index in [-0.39, 0.29) is 0 Å². The summed E-state index contributed by atoms with van der Waals surface area (Å²) in [7, 11) is 0. The highest BCUT2D eigenvalue weighted by Crippen LogP contribution is 2.32. The number of benzene rings is 1. The topological polar surface area (TPSA) is 44.2 Å². The van der Waals surface area contributed by atoms with Crippen molar-refractivity contribution in [2.75, 3.05) is 13.2 Å². The summed E-state index contributed by atoms with van der Waals surface area (Å²) in [6.07, 6.45) is 3.17. The van der Waals surface area contributed by atoms with Crippen LogP contribution in [0.1, 0.15) is 13.8 Å². The summed E-state index contributed by atoms with van der Waals surface area (Å²) >= 11 is 5.85. The highest BCUT2D eigenvalue weighted by atomic mass is 35.5. The zero-order valence-electron chi connectivity index (χ0n) is 10.9. The van der Waals surface area contributed by atoms with Crippen LogP contribution in [0.25, 0.3) is 11.3 Å². The molecule has 0 spiro atoms. The van der Waals surface area contributed by atoms with E-state index >= 15 is 0 Å². The van der Waals surface area contributed by atoms with Crippen LogP contribution in [0.15, 0.2) is 30.6 Å². The second-order valence-corrected chi connectivity index (χ2v) is 4.14. The van der Waals surface area contributed by atoms with Crippen molar-refractivity contribution in [3.63, 3.8) is 0 Å². The number of aromatic nitrogens is 2. The number of nitrogens with zero attached hydrogens (tertiary/aromatic N) is 2. The minimum absolute atomic E-state index is 0.365. The number of hydrogen-bond donors (Lipinski definition) is 0. The van der Waals surface area contributed by atoms with Crippen molar-refractivity contribution in [3.8, 4) is 22.8 Å². The minimum Gasteiger partial charge on any atom is -0.490 e. The molecule has 0 unspecified atom stereocenters. The first-order valence-electron chi connectivity index (χ1n) is 6.12. The molecule has 0 radical (unpaired) electrons. The summed E-state index contributed by atoms with van der Waals surface area (Å²) in [6, 6.07) is 5.66. The molecule has 0 saturated carbocycles. The zero-order chi connectivity index (χ0) is 13.7. The molecule has 4 nitrogen and oxygen atoms in total. The molecule has 0 atom stereocenters. The van der Waals surface area contributed by atoms with E-state index in [0.29, 0.717) is 29.8 Å². The van der Waals surface area contributed by atoms with Crippen LogP contribution in [0, 0.1) is 0 Å². The zero-order valence-corrected chi connectivity index (χ0v) is 11.6. The summed E-state index contributed by atoms with van der Waals surface area (Å²) in [4.78, 5) is 8.26. The third kappa shape index (κ3) is 3.35. The first kappa shape index (κ1) is 13.6. The van der Waals surface area contributed by atoms with Crippen LogP contribution in [0.3, 0.4) is 0 Å². The van der Waals surface area contributed by atoms with Crippen molar-refractivity contribution in [2.24, 2.45) is 0 Å². The third-order valence-corrected chi connectivity index (χ3v) is 2.63. The van der Waals surface area contributed by atoms with Crippen molar-refractivity contribution in [3.05, 3.63) is 35.7 Å². The average Bonchev–Trinajstić information content (AvgIpc) is 2.41. The Morgan fingerprint density at radius 3 is 2.47 bits per heavy atom. The van der Waals surface area contributed by atoms with Gasteiger partial charge in [-0.05, 0) is 32.0 Å². The van der Waals surface area contributed by atoms with Crippen LogP contribution in [0.4, 0.5) is 0 Å². The van der Waals surface area contributed by atoms with E-state index in [1.807, 2.05) is 32.0 Å². The van der Waals surface area contributed by atoms with Crippen LogP contribution in [0.2, 0.25) is 5.15 Å². The second-order valence-electron chi connectivity index (χ2n) is 3.75. The summed E-state index contributed by atoms with van der Waals surface area (Å²) in [5.74, 6) is 1.42. The molecule has 1 aromatic carbocycles. The van der Waals surface area contributed by atoms with Crippen LogP contribution in [-0.4, -0.2) is 23.2 Å². The van der Waals surface area contributed by atoms with Crippen LogP contribution < -0.4 is 9.47 Å². The molecule has 19 heavy (non-hydrogen) atoms. The molecule has 0 aliphatic carbocycles. The van der Waals surface area contributed by atoms with Gasteiger partial charge in [0.25, 0.3) is 0 Å². The van der Waals surface area contributed by atoms with Gasteiger partial charge in [0.1, 0.15) is 5.15 Å². The summed E-state index contributed by atoms with van der Waals surface area (Å²) in [5, 5.41) is 0.365. The van der Waals surface area contributed by atoms with E-state index in [4.69, 9.17) is 21.1 Å². The molecule has 0 amide bonds. The standard InChI is InChI=1S/C14H15ClN2O2/c1-3-18-12-6-5-10(7-13(12)19-4-2)11-8-16-9-14(15)17-11/h5-9H,3-4H2,1-2H3. The van der Waals surface area contributed by atoms with E-state index in [1.54, 1.807) is 6.20 Å². The molecule has 5 heteroatoms. The van der Waals surface area contributed by atoms with E-state index in [0.717, 1.165) is 11.3 Å². The molecule has 1 heterocycles. The van der Waals surface area contributed by atoms with Crippen molar-refractivity contribution in [1.82, 2.24) is 9.97 Å². The van der Waals surface area contributed by atoms with Gasteiger partial charge < -0.3 is 9.47 Å². The number of ether oxygens (including phenoxy) is 2. The van der Waals surface area contributed by atoms with Gasteiger partial charge in [-0.1, -0.05) is 11.6 Å². The van der Waals surface area contributed by atoms with E-state index in [2.05, 4.69) is 9.97 Å². The van der Waals surface area contributed by atoms with E-state index < -0.39 is 0 Å². The largest absolute Gasteiger partial charge is 0.490 e. The quantitative estimate of drug-likeness (QED) is 0.838. The third-order valence-electron chi connectivity index (χ3n) is 2.44. The maximum absolute atomic E-state index is 5.85. The van der Waals surface area contributed by atoms with Crippen molar-refractivity contribution < 1.29 is 9.47 Å².